The molecule has 2 atom stereocenters. The summed E-state index contributed by atoms with van der Waals surface area (Å²) in [6.45, 7) is 3.32. The number of sulfone groups is 1. The van der Waals surface area contributed by atoms with Crippen molar-refractivity contribution in [3.05, 3.63) is 23.8 Å². The van der Waals surface area contributed by atoms with Gasteiger partial charge in [0.1, 0.15) is 0 Å². The van der Waals surface area contributed by atoms with Gasteiger partial charge >= 0.3 is 5.97 Å². The van der Waals surface area contributed by atoms with Crippen molar-refractivity contribution in [1.29, 1.82) is 0 Å². The lowest BCUT2D eigenvalue weighted by Gasteiger charge is -2.29. The highest BCUT2D eigenvalue weighted by Crippen LogP contribution is 2.33. The van der Waals surface area contributed by atoms with Gasteiger partial charge in [0, 0.05) is 0 Å². The lowest BCUT2D eigenvalue weighted by atomic mass is 10.1. The van der Waals surface area contributed by atoms with Gasteiger partial charge in [-0.05, 0) is 31.5 Å². The molecule has 0 saturated heterocycles. The Labute approximate surface area is 99.4 Å². The van der Waals surface area contributed by atoms with Crippen LogP contribution in [0.25, 0.3) is 0 Å². The SMILES string of the molecule is Cc1ccc2c(c1)S(=O)(=O)C(C(=O)O)C(C)N2. The molecule has 2 unspecified atom stereocenters. The molecule has 92 valence electrons. The summed E-state index contributed by atoms with van der Waals surface area (Å²) in [5.41, 5.74) is 1.26. The fourth-order valence-corrected chi connectivity index (χ4v) is 3.99. The molecule has 1 aromatic carbocycles. The summed E-state index contributed by atoms with van der Waals surface area (Å²) in [7, 11) is -3.82. The number of aliphatic carboxylic acids is 1. The topological polar surface area (TPSA) is 83.5 Å². The van der Waals surface area contributed by atoms with Crippen molar-refractivity contribution in [3.8, 4) is 0 Å². The molecule has 2 rings (SSSR count). The Morgan fingerprint density at radius 2 is 2.06 bits per heavy atom. The van der Waals surface area contributed by atoms with Crippen molar-refractivity contribution in [2.45, 2.75) is 30.0 Å². The Morgan fingerprint density at radius 3 is 2.65 bits per heavy atom. The van der Waals surface area contributed by atoms with Crippen LogP contribution in [0, 0.1) is 6.92 Å². The van der Waals surface area contributed by atoms with Gasteiger partial charge in [0.15, 0.2) is 15.1 Å². The van der Waals surface area contributed by atoms with Gasteiger partial charge in [-0.3, -0.25) is 4.79 Å². The summed E-state index contributed by atoms with van der Waals surface area (Å²) >= 11 is 0. The molecule has 1 aromatic rings. The lowest BCUT2D eigenvalue weighted by molar-refractivity contribution is -0.136. The summed E-state index contributed by atoms with van der Waals surface area (Å²) in [6.07, 6.45) is 0. The number of carbonyl (C=O) groups is 1. The average molecular weight is 255 g/mol. The van der Waals surface area contributed by atoms with Crippen LogP contribution in [0.2, 0.25) is 0 Å². The molecule has 0 aliphatic carbocycles. The zero-order valence-corrected chi connectivity index (χ0v) is 10.3. The van der Waals surface area contributed by atoms with Gasteiger partial charge in [-0.15, -0.1) is 0 Å². The first-order chi connectivity index (χ1) is 7.84. The minimum atomic E-state index is -3.82. The largest absolute Gasteiger partial charge is 0.480 e. The van der Waals surface area contributed by atoms with Crippen LogP contribution in [0.3, 0.4) is 0 Å². The highest BCUT2D eigenvalue weighted by atomic mass is 32.2. The maximum Gasteiger partial charge on any atom is 0.324 e. The maximum absolute atomic E-state index is 12.2. The number of hydrogen-bond donors (Lipinski definition) is 2. The number of carboxylic acids is 1. The van der Waals surface area contributed by atoms with Gasteiger partial charge in [0.25, 0.3) is 0 Å². The Morgan fingerprint density at radius 1 is 1.41 bits per heavy atom. The molecule has 6 heteroatoms. The van der Waals surface area contributed by atoms with Crippen LogP contribution in [-0.4, -0.2) is 30.8 Å². The van der Waals surface area contributed by atoms with Crippen LogP contribution in [0.15, 0.2) is 23.1 Å². The second-order valence-electron chi connectivity index (χ2n) is 4.24. The molecule has 5 nitrogen and oxygen atoms in total. The Hall–Kier alpha value is -1.56. The van der Waals surface area contributed by atoms with E-state index in [9.17, 15) is 13.2 Å². The van der Waals surface area contributed by atoms with E-state index in [-0.39, 0.29) is 4.90 Å². The molecule has 0 aromatic heterocycles. The van der Waals surface area contributed by atoms with Crippen molar-refractivity contribution in [2.75, 3.05) is 5.32 Å². The summed E-state index contributed by atoms with van der Waals surface area (Å²) in [5, 5.41) is 10.5. The number of aryl methyl sites for hydroxylation is 1. The Kier molecular flexibility index (Phi) is 2.61. The number of benzene rings is 1. The van der Waals surface area contributed by atoms with Crippen molar-refractivity contribution in [3.63, 3.8) is 0 Å². The number of anilines is 1. The van der Waals surface area contributed by atoms with Crippen LogP contribution < -0.4 is 5.32 Å². The molecule has 0 amide bonds. The third-order valence-electron chi connectivity index (χ3n) is 2.86. The molecule has 17 heavy (non-hydrogen) atoms. The van der Waals surface area contributed by atoms with Crippen molar-refractivity contribution >= 4 is 21.5 Å². The van der Waals surface area contributed by atoms with Crippen LogP contribution in [-0.2, 0) is 14.6 Å². The molecular weight excluding hydrogens is 242 g/mol. The molecule has 0 spiro atoms. The first-order valence-corrected chi connectivity index (χ1v) is 6.72. The van der Waals surface area contributed by atoms with E-state index >= 15 is 0 Å². The number of rotatable bonds is 1. The average Bonchev–Trinajstić information content (AvgIpc) is 2.18. The van der Waals surface area contributed by atoms with Crippen molar-refractivity contribution in [1.82, 2.24) is 0 Å². The third kappa shape index (κ3) is 1.78. The van der Waals surface area contributed by atoms with Gasteiger partial charge < -0.3 is 10.4 Å². The standard InChI is InChI=1S/C11H13NO4S/c1-6-3-4-8-9(5-6)17(15,16)10(11(13)14)7(2)12-8/h3-5,7,10,12H,1-2H3,(H,13,14). The van der Waals surface area contributed by atoms with E-state index in [1.807, 2.05) is 0 Å². The van der Waals surface area contributed by atoms with E-state index in [0.29, 0.717) is 5.69 Å². The molecule has 1 aliphatic rings. The van der Waals surface area contributed by atoms with Crippen LogP contribution in [0.5, 0.6) is 0 Å². The zero-order valence-electron chi connectivity index (χ0n) is 9.47. The first-order valence-electron chi connectivity index (χ1n) is 5.18. The number of fused-ring (bicyclic) bond motifs is 1. The lowest BCUT2D eigenvalue weighted by Crippen LogP contribution is -2.46. The molecule has 2 N–H and O–H groups in total. The first kappa shape index (κ1) is 11.9. The fourth-order valence-electron chi connectivity index (χ4n) is 2.06. The van der Waals surface area contributed by atoms with E-state index in [1.165, 1.54) is 6.07 Å². The van der Waals surface area contributed by atoms with E-state index in [1.54, 1.807) is 26.0 Å². The van der Waals surface area contributed by atoms with E-state index in [2.05, 4.69) is 5.32 Å². The highest BCUT2D eigenvalue weighted by molar-refractivity contribution is 7.93. The van der Waals surface area contributed by atoms with Gasteiger partial charge in [-0.2, -0.15) is 0 Å². The molecule has 0 saturated carbocycles. The van der Waals surface area contributed by atoms with E-state index < -0.39 is 27.1 Å². The smallest absolute Gasteiger partial charge is 0.324 e. The zero-order chi connectivity index (χ0) is 12.8. The predicted octanol–water partition coefficient (Wildman–Crippen LogP) is 1.04. The molecule has 1 aliphatic heterocycles. The van der Waals surface area contributed by atoms with Gasteiger partial charge in [-0.1, -0.05) is 6.07 Å². The Balaban J connectivity index is 2.68. The van der Waals surface area contributed by atoms with Gasteiger partial charge in [0.2, 0.25) is 0 Å². The summed E-state index contributed by atoms with van der Waals surface area (Å²) in [6, 6.07) is 4.30. The molecule has 1 heterocycles. The van der Waals surface area contributed by atoms with Gasteiger partial charge in [-0.25, -0.2) is 8.42 Å². The monoisotopic (exact) mass is 255 g/mol. The maximum atomic E-state index is 12.2. The highest BCUT2D eigenvalue weighted by Gasteiger charge is 2.43. The minimum Gasteiger partial charge on any atom is -0.480 e. The Bertz CT molecular complexity index is 579. The third-order valence-corrected chi connectivity index (χ3v) is 5.09. The number of nitrogens with one attached hydrogen (secondary N) is 1. The normalized spacial score (nSPS) is 25.8. The van der Waals surface area contributed by atoms with E-state index in [4.69, 9.17) is 5.11 Å². The number of carboxylic acid groups (broad SMARTS) is 1. The van der Waals surface area contributed by atoms with Crippen LogP contribution >= 0.6 is 0 Å². The molecule has 0 bridgehead atoms. The molecular formula is C11H13NO4S. The van der Waals surface area contributed by atoms with Crippen LogP contribution in [0.1, 0.15) is 12.5 Å². The minimum absolute atomic E-state index is 0.0722. The summed E-state index contributed by atoms with van der Waals surface area (Å²) in [4.78, 5) is 11.1. The number of hydrogen-bond acceptors (Lipinski definition) is 4. The van der Waals surface area contributed by atoms with Crippen molar-refractivity contribution in [2.24, 2.45) is 0 Å². The van der Waals surface area contributed by atoms with Gasteiger partial charge in [0.05, 0.1) is 16.6 Å². The second-order valence-corrected chi connectivity index (χ2v) is 6.27. The van der Waals surface area contributed by atoms with E-state index in [0.717, 1.165) is 5.56 Å². The summed E-state index contributed by atoms with van der Waals surface area (Å²) < 4.78 is 24.4. The quantitative estimate of drug-likeness (QED) is 0.783. The predicted molar refractivity (Wildman–Crippen MR) is 62.9 cm³/mol. The van der Waals surface area contributed by atoms with Crippen LogP contribution in [0.4, 0.5) is 5.69 Å². The second kappa shape index (κ2) is 3.73. The fraction of sp³-hybridized carbons (Fsp3) is 0.364. The van der Waals surface area contributed by atoms with Crippen molar-refractivity contribution < 1.29 is 18.3 Å². The summed E-state index contributed by atoms with van der Waals surface area (Å²) in [5.74, 6) is -1.32. The molecule has 0 fully saturated rings. The molecule has 0 radical (unpaired) electrons.